The molecule has 1 aromatic carbocycles. The summed E-state index contributed by atoms with van der Waals surface area (Å²) in [5.74, 6) is -0.471. The first kappa shape index (κ1) is 11.1. The Balaban J connectivity index is 2.65. The number of pyridine rings is 1. The molecule has 0 radical (unpaired) electrons. The number of nitrogens with zero attached hydrogens (tertiary/aromatic N) is 2. The van der Waals surface area contributed by atoms with Gasteiger partial charge in [0.25, 0.3) is 0 Å². The van der Waals surface area contributed by atoms with Crippen molar-refractivity contribution in [3.05, 3.63) is 47.4 Å². The maximum absolute atomic E-state index is 13.3. The highest BCUT2D eigenvalue weighted by Gasteiger charge is 2.08. The van der Waals surface area contributed by atoms with Gasteiger partial charge in [-0.1, -0.05) is 0 Å². The standard InChI is InChI=1S/C13H10FN3/c1-8-2-3-17-13(12(8)16)10-4-9(7-15)5-11(14)6-10/h2-6H,16H2,1H3. The number of nitrogens with two attached hydrogens (primary N) is 1. The van der Waals surface area contributed by atoms with E-state index in [1.54, 1.807) is 18.3 Å². The number of aromatic nitrogens is 1. The second kappa shape index (κ2) is 4.22. The summed E-state index contributed by atoms with van der Waals surface area (Å²) in [6.45, 7) is 1.85. The van der Waals surface area contributed by atoms with Crippen molar-refractivity contribution in [2.45, 2.75) is 6.92 Å². The number of benzene rings is 1. The number of nitrogen functional groups attached to an aromatic ring is 1. The summed E-state index contributed by atoms with van der Waals surface area (Å²) in [5.41, 5.74) is 8.53. The molecule has 0 saturated heterocycles. The van der Waals surface area contributed by atoms with Crippen molar-refractivity contribution in [2.75, 3.05) is 5.73 Å². The third-order valence-electron chi connectivity index (χ3n) is 2.51. The summed E-state index contributed by atoms with van der Waals surface area (Å²) in [5, 5.41) is 8.79. The molecule has 0 bridgehead atoms. The van der Waals surface area contributed by atoms with Crippen LogP contribution >= 0.6 is 0 Å². The molecule has 0 aliphatic carbocycles. The van der Waals surface area contributed by atoms with E-state index < -0.39 is 5.82 Å². The molecule has 1 heterocycles. The second-order valence-corrected chi connectivity index (χ2v) is 3.73. The van der Waals surface area contributed by atoms with Gasteiger partial charge in [0.15, 0.2) is 0 Å². The second-order valence-electron chi connectivity index (χ2n) is 3.73. The fourth-order valence-electron chi connectivity index (χ4n) is 1.59. The number of hydrogen-bond acceptors (Lipinski definition) is 3. The number of anilines is 1. The lowest BCUT2D eigenvalue weighted by molar-refractivity contribution is 0.628. The van der Waals surface area contributed by atoms with Gasteiger partial charge < -0.3 is 5.73 Å². The quantitative estimate of drug-likeness (QED) is 0.814. The van der Waals surface area contributed by atoms with Crippen molar-refractivity contribution in [1.82, 2.24) is 4.98 Å². The molecular weight excluding hydrogens is 217 g/mol. The largest absolute Gasteiger partial charge is 0.397 e. The van der Waals surface area contributed by atoms with Crippen molar-refractivity contribution in [3.8, 4) is 17.3 Å². The van der Waals surface area contributed by atoms with Gasteiger partial charge in [0.05, 0.1) is 23.0 Å². The maximum Gasteiger partial charge on any atom is 0.125 e. The highest BCUT2D eigenvalue weighted by atomic mass is 19.1. The first-order valence-corrected chi connectivity index (χ1v) is 5.04. The fraction of sp³-hybridized carbons (Fsp3) is 0.0769. The molecule has 0 atom stereocenters. The topological polar surface area (TPSA) is 62.7 Å². The number of aryl methyl sites for hydroxylation is 1. The minimum atomic E-state index is -0.471. The summed E-state index contributed by atoms with van der Waals surface area (Å²) >= 11 is 0. The highest BCUT2D eigenvalue weighted by molar-refractivity contribution is 5.75. The number of halogens is 1. The molecule has 3 nitrogen and oxygen atoms in total. The highest BCUT2D eigenvalue weighted by Crippen LogP contribution is 2.27. The molecule has 4 heteroatoms. The predicted octanol–water partition coefficient (Wildman–Crippen LogP) is 2.65. The lowest BCUT2D eigenvalue weighted by atomic mass is 10.0. The molecule has 0 aliphatic heterocycles. The van der Waals surface area contributed by atoms with E-state index in [9.17, 15) is 4.39 Å². The first-order chi connectivity index (χ1) is 8.11. The molecule has 0 spiro atoms. The van der Waals surface area contributed by atoms with Crippen molar-refractivity contribution in [2.24, 2.45) is 0 Å². The van der Waals surface area contributed by atoms with Gasteiger partial charge in [-0.15, -0.1) is 0 Å². The minimum absolute atomic E-state index is 0.253. The van der Waals surface area contributed by atoms with Crippen LogP contribution in [-0.2, 0) is 0 Å². The molecule has 0 aliphatic rings. The first-order valence-electron chi connectivity index (χ1n) is 5.04. The van der Waals surface area contributed by atoms with Crippen LogP contribution < -0.4 is 5.73 Å². The van der Waals surface area contributed by atoms with Crippen LogP contribution in [0.3, 0.4) is 0 Å². The molecule has 0 unspecified atom stereocenters. The van der Waals surface area contributed by atoms with Crippen molar-refractivity contribution in [1.29, 1.82) is 5.26 Å². The molecule has 2 rings (SSSR count). The Labute approximate surface area is 98.3 Å². The van der Waals surface area contributed by atoms with E-state index in [1.807, 2.05) is 13.0 Å². The third-order valence-corrected chi connectivity index (χ3v) is 2.51. The van der Waals surface area contributed by atoms with Gasteiger partial charge in [-0.3, -0.25) is 4.98 Å². The van der Waals surface area contributed by atoms with Gasteiger partial charge >= 0.3 is 0 Å². The number of rotatable bonds is 1. The number of hydrogen-bond donors (Lipinski definition) is 1. The maximum atomic E-state index is 13.3. The summed E-state index contributed by atoms with van der Waals surface area (Å²) < 4.78 is 13.3. The Hall–Kier alpha value is -2.41. The zero-order valence-corrected chi connectivity index (χ0v) is 9.24. The Bertz CT molecular complexity index is 615. The molecule has 0 amide bonds. The normalized spacial score (nSPS) is 9.94. The van der Waals surface area contributed by atoms with Crippen LogP contribution in [0.15, 0.2) is 30.5 Å². The molecule has 2 N–H and O–H groups in total. The van der Waals surface area contributed by atoms with E-state index in [0.717, 1.165) is 5.56 Å². The third kappa shape index (κ3) is 2.08. The van der Waals surface area contributed by atoms with E-state index >= 15 is 0 Å². The van der Waals surface area contributed by atoms with E-state index in [4.69, 9.17) is 11.0 Å². The predicted molar refractivity (Wildman–Crippen MR) is 63.5 cm³/mol. The van der Waals surface area contributed by atoms with Gasteiger partial charge in [-0.05, 0) is 36.8 Å². The van der Waals surface area contributed by atoms with Crippen molar-refractivity contribution >= 4 is 5.69 Å². The Morgan fingerprint density at radius 3 is 2.82 bits per heavy atom. The fourth-order valence-corrected chi connectivity index (χ4v) is 1.59. The summed E-state index contributed by atoms with van der Waals surface area (Å²) in [6, 6.07) is 7.75. The van der Waals surface area contributed by atoms with Gasteiger partial charge in [0, 0.05) is 11.8 Å². The van der Waals surface area contributed by atoms with E-state index in [-0.39, 0.29) is 5.56 Å². The molecule has 0 saturated carbocycles. The SMILES string of the molecule is Cc1ccnc(-c2cc(F)cc(C#N)c2)c1N. The van der Waals surface area contributed by atoms with Crippen LogP contribution in [0.25, 0.3) is 11.3 Å². The van der Waals surface area contributed by atoms with Crippen LogP contribution in [0, 0.1) is 24.1 Å². The lowest BCUT2D eigenvalue weighted by Crippen LogP contribution is -1.97. The van der Waals surface area contributed by atoms with E-state index in [2.05, 4.69) is 4.98 Å². The molecule has 0 fully saturated rings. The van der Waals surface area contributed by atoms with Crippen LogP contribution in [0.2, 0.25) is 0 Å². The van der Waals surface area contributed by atoms with Crippen LogP contribution in [0.4, 0.5) is 10.1 Å². The van der Waals surface area contributed by atoms with Crippen molar-refractivity contribution in [3.63, 3.8) is 0 Å². The van der Waals surface area contributed by atoms with Gasteiger partial charge in [-0.25, -0.2) is 4.39 Å². The summed E-state index contributed by atoms with van der Waals surface area (Å²) in [6.07, 6.45) is 1.61. The summed E-state index contributed by atoms with van der Waals surface area (Å²) in [7, 11) is 0. The van der Waals surface area contributed by atoms with Crippen LogP contribution in [0.1, 0.15) is 11.1 Å². The average molecular weight is 227 g/mol. The Morgan fingerprint density at radius 2 is 2.12 bits per heavy atom. The lowest BCUT2D eigenvalue weighted by Gasteiger charge is -2.07. The average Bonchev–Trinajstić information content (AvgIpc) is 2.31. The van der Waals surface area contributed by atoms with Gasteiger partial charge in [-0.2, -0.15) is 5.26 Å². The molecule has 1 aromatic heterocycles. The van der Waals surface area contributed by atoms with Crippen LogP contribution in [-0.4, -0.2) is 4.98 Å². The molecule has 2 aromatic rings. The molecule has 84 valence electrons. The van der Waals surface area contributed by atoms with E-state index in [0.29, 0.717) is 16.9 Å². The summed E-state index contributed by atoms with van der Waals surface area (Å²) in [4.78, 5) is 4.12. The van der Waals surface area contributed by atoms with Gasteiger partial charge in [0.1, 0.15) is 5.82 Å². The zero-order chi connectivity index (χ0) is 12.4. The zero-order valence-electron chi connectivity index (χ0n) is 9.24. The van der Waals surface area contributed by atoms with Gasteiger partial charge in [0.2, 0.25) is 0 Å². The Morgan fingerprint density at radius 1 is 1.35 bits per heavy atom. The smallest absolute Gasteiger partial charge is 0.125 e. The molecular formula is C13H10FN3. The minimum Gasteiger partial charge on any atom is -0.397 e. The van der Waals surface area contributed by atoms with E-state index in [1.165, 1.54) is 12.1 Å². The molecule has 17 heavy (non-hydrogen) atoms. The number of nitriles is 1. The monoisotopic (exact) mass is 227 g/mol. The van der Waals surface area contributed by atoms with Crippen LogP contribution in [0.5, 0.6) is 0 Å². The Kier molecular flexibility index (Phi) is 2.75. The van der Waals surface area contributed by atoms with Crippen molar-refractivity contribution < 1.29 is 4.39 Å².